The van der Waals surface area contributed by atoms with Crippen LogP contribution in [0.5, 0.6) is 0 Å². The Hall–Kier alpha value is -1.74. The summed E-state index contributed by atoms with van der Waals surface area (Å²) in [5.74, 6) is 0. The smallest absolute Gasteiger partial charge is 0.0843 e. The SMILES string of the molecule is NC(c1ccccc1)c1cccnn1. The van der Waals surface area contributed by atoms with E-state index in [2.05, 4.69) is 10.2 Å². The lowest BCUT2D eigenvalue weighted by molar-refractivity contribution is 0.791. The van der Waals surface area contributed by atoms with Crippen molar-refractivity contribution in [3.05, 3.63) is 59.9 Å². The molecule has 2 aromatic rings. The van der Waals surface area contributed by atoms with Gasteiger partial charge in [-0.1, -0.05) is 30.3 Å². The molecule has 0 aliphatic rings. The summed E-state index contributed by atoms with van der Waals surface area (Å²) in [6.45, 7) is 0. The zero-order chi connectivity index (χ0) is 9.80. The summed E-state index contributed by atoms with van der Waals surface area (Å²) < 4.78 is 0. The topological polar surface area (TPSA) is 51.8 Å². The zero-order valence-corrected chi connectivity index (χ0v) is 7.67. The van der Waals surface area contributed by atoms with Crippen molar-refractivity contribution in [1.82, 2.24) is 10.2 Å². The molecule has 0 saturated carbocycles. The number of nitrogens with two attached hydrogens (primary N) is 1. The molecular weight excluding hydrogens is 174 g/mol. The van der Waals surface area contributed by atoms with E-state index in [9.17, 15) is 0 Å². The number of hydrogen-bond donors (Lipinski definition) is 1. The quantitative estimate of drug-likeness (QED) is 0.771. The van der Waals surface area contributed by atoms with E-state index >= 15 is 0 Å². The van der Waals surface area contributed by atoms with Crippen molar-refractivity contribution >= 4 is 0 Å². The highest BCUT2D eigenvalue weighted by Gasteiger charge is 2.08. The minimum atomic E-state index is -0.190. The Kier molecular flexibility index (Phi) is 2.51. The van der Waals surface area contributed by atoms with Crippen LogP contribution in [0, 0.1) is 0 Å². The first-order valence-electron chi connectivity index (χ1n) is 4.46. The Morgan fingerprint density at radius 3 is 2.43 bits per heavy atom. The first-order chi connectivity index (χ1) is 6.88. The summed E-state index contributed by atoms with van der Waals surface area (Å²) in [5, 5.41) is 7.78. The standard InChI is InChI=1S/C11H11N3/c12-11(9-5-2-1-3-6-9)10-7-4-8-13-14-10/h1-8,11H,12H2. The Morgan fingerprint density at radius 2 is 1.79 bits per heavy atom. The molecule has 14 heavy (non-hydrogen) atoms. The van der Waals surface area contributed by atoms with Gasteiger partial charge in [0, 0.05) is 6.20 Å². The van der Waals surface area contributed by atoms with Crippen molar-refractivity contribution in [2.24, 2.45) is 5.73 Å². The van der Waals surface area contributed by atoms with Gasteiger partial charge in [0.05, 0.1) is 11.7 Å². The van der Waals surface area contributed by atoms with Gasteiger partial charge in [0.15, 0.2) is 0 Å². The fraction of sp³-hybridized carbons (Fsp3) is 0.0909. The maximum Gasteiger partial charge on any atom is 0.0843 e. The monoisotopic (exact) mass is 185 g/mol. The fourth-order valence-corrected chi connectivity index (χ4v) is 1.31. The van der Waals surface area contributed by atoms with Gasteiger partial charge in [-0.3, -0.25) is 0 Å². The van der Waals surface area contributed by atoms with Crippen molar-refractivity contribution in [2.75, 3.05) is 0 Å². The molecule has 1 unspecified atom stereocenters. The molecule has 2 rings (SSSR count). The van der Waals surface area contributed by atoms with E-state index in [1.54, 1.807) is 6.20 Å². The van der Waals surface area contributed by atoms with Crippen LogP contribution in [0.2, 0.25) is 0 Å². The Morgan fingerprint density at radius 1 is 1.00 bits per heavy atom. The summed E-state index contributed by atoms with van der Waals surface area (Å²) in [5.41, 5.74) is 7.85. The molecule has 3 nitrogen and oxygen atoms in total. The highest BCUT2D eigenvalue weighted by Crippen LogP contribution is 2.15. The maximum atomic E-state index is 6.01. The summed E-state index contributed by atoms with van der Waals surface area (Å²) >= 11 is 0. The molecule has 0 amide bonds. The third kappa shape index (κ3) is 1.78. The van der Waals surface area contributed by atoms with Gasteiger partial charge in [0.1, 0.15) is 0 Å². The molecule has 0 bridgehead atoms. The van der Waals surface area contributed by atoms with Gasteiger partial charge in [0.25, 0.3) is 0 Å². The number of hydrogen-bond acceptors (Lipinski definition) is 3. The van der Waals surface area contributed by atoms with Crippen LogP contribution in [0.1, 0.15) is 17.3 Å². The molecule has 0 saturated heterocycles. The van der Waals surface area contributed by atoms with Gasteiger partial charge in [-0.25, -0.2) is 0 Å². The van der Waals surface area contributed by atoms with Crippen LogP contribution in [0.25, 0.3) is 0 Å². The lowest BCUT2D eigenvalue weighted by Crippen LogP contribution is -2.13. The van der Waals surface area contributed by atoms with E-state index in [1.165, 1.54) is 0 Å². The van der Waals surface area contributed by atoms with E-state index < -0.39 is 0 Å². The number of benzene rings is 1. The normalized spacial score (nSPS) is 12.4. The summed E-state index contributed by atoms with van der Waals surface area (Å²) in [6, 6.07) is 13.4. The number of rotatable bonds is 2. The Balaban J connectivity index is 2.30. The second kappa shape index (κ2) is 3.98. The summed E-state index contributed by atoms with van der Waals surface area (Å²) in [6.07, 6.45) is 1.64. The second-order valence-electron chi connectivity index (χ2n) is 3.04. The van der Waals surface area contributed by atoms with Crippen LogP contribution >= 0.6 is 0 Å². The molecule has 3 heteroatoms. The fourth-order valence-electron chi connectivity index (χ4n) is 1.31. The molecule has 0 aliphatic heterocycles. The van der Waals surface area contributed by atoms with E-state index in [0.717, 1.165) is 11.3 Å². The van der Waals surface area contributed by atoms with Gasteiger partial charge >= 0.3 is 0 Å². The number of nitrogens with zero attached hydrogens (tertiary/aromatic N) is 2. The van der Waals surface area contributed by atoms with Crippen molar-refractivity contribution in [1.29, 1.82) is 0 Å². The molecule has 2 N–H and O–H groups in total. The predicted octanol–water partition coefficient (Wildman–Crippen LogP) is 1.52. The highest BCUT2D eigenvalue weighted by molar-refractivity contribution is 5.25. The Bertz CT molecular complexity index is 346. The van der Waals surface area contributed by atoms with Crippen LogP contribution < -0.4 is 5.73 Å². The molecule has 0 spiro atoms. The molecule has 1 heterocycles. The molecule has 1 aromatic carbocycles. The van der Waals surface area contributed by atoms with E-state index in [4.69, 9.17) is 5.73 Å². The van der Waals surface area contributed by atoms with Gasteiger partial charge in [-0.05, 0) is 17.7 Å². The first kappa shape index (κ1) is 8.84. The zero-order valence-electron chi connectivity index (χ0n) is 7.67. The molecular formula is C11H11N3. The van der Waals surface area contributed by atoms with E-state index in [-0.39, 0.29) is 6.04 Å². The van der Waals surface area contributed by atoms with Gasteiger partial charge in [-0.2, -0.15) is 10.2 Å². The highest BCUT2D eigenvalue weighted by atomic mass is 15.1. The molecule has 0 radical (unpaired) electrons. The predicted molar refractivity (Wildman–Crippen MR) is 54.5 cm³/mol. The first-order valence-corrected chi connectivity index (χ1v) is 4.46. The third-order valence-electron chi connectivity index (χ3n) is 2.07. The summed E-state index contributed by atoms with van der Waals surface area (Å²) in [7, 11) is 0. The maximum absolute atomic E-state index is 6.01. The van der Waals surface area contributed by atoms with Gasteiger partial charge in [0.2, 0.25) is 0 Å². The molecule has 0 aliphatic carbocycles. The van der Waals surface area contributed by atoms with Crippen molar-refractivity contribution < 1.29 is 0 Å². The van der Waals surface area contributed by atoms with Crippen molar-refractivity contribution in [2.45, 2.75) is 6.04 Å². The van der Waals surface area contributed by atoms with Crippen molar-refractivity contribution in [3.63, 3.8) is 0 Å². The molecule has 0 fully saturated rings. The average Bonchev–Trinajstić information content (AvgIpc) is 2.30. The van der Waals surface area contributed by atoms with Crippen LogP contribution in [0.3, 0.4) is 0 Å². The lowest BCUT2D eigenvalue weighted by atomic mass is 10.1. The molecule has 70 valence electrons. The van der Waals surface area contributed by atoms with Gasteiger partial charge in [-0.15, -0.1) is 0 Å². The molecule has 1 aromatic heterocycles. The van der Waals surface area contributed by atoms with E-state index in [0.29, 0.717) is 0 Å². The van der Waals surface area contributed by atoms with Crippen LogP contribution in [-0.4, -0.2) is 10.2 Å². The van der Waals surface area contributed by atoms with Gasteiger partial charge < -0.3 is 5.73 Å². The number of aromatic nitrogens is 2. The van der Waals surface area contributed by atoms with Crippen LogP contribution in [0.15, 0.2) is 48.7 Å². The largest absolute Gasteiger partial charge is 0.319 e. The van der Waals surface area contributed by atoms with Crippen molar-refractivity contribution in [3.8, 4) is 0 Å². The van der Waals surface area contributed by atoms with Crippen LogP contribution in [0.4, 0.5) is 0 Å². The summed E-state index contributed by atoms with van der Waals surface area (Å²) in [4.78, 5) is 0. The van der Waals surface area contributed by atoms with E-state index in [1.807, 2.05) is 42.5 Å². The third-order valence-corrected chi connectivity index (χ3v) is 2.07. The second-order valence-corrected chi connectivity index (χ2v) is 3.04. The minimum Gasteiger partial charge on any atom is -0.319 e. The molecule has 1 atom stereocenters. The lowest BCUT2D eigenvalue weighted by Gasteiger charge is -2.09. The minimum absolute atomic E-state index is 0.190. The van der Waals surface area contributed by atoms with Crippen LogP contribution in [-0.2, 0) is 0 Å². The Labute approximate surface area is 82.6 Å². The average molecular weight is 185 g/mol.